The zero-order valence-corrected chi connectivity index (χ0v) is 29.9. The zero-order chi connectivity index (χ0) is 39.9. The smallest absolute Gasteiger partial charge is 0.422 e. The van der Waals surface area contributed by atoms with Gasteiger partial charge in [0.25, 0.3) is 5.91 Å². The van der Waals surface area contributed by atoms with Gasteiger partial charge in [0.15, 0.2) is 18.8 Å². The van der Waals surface area contributed by atoms with E-state index < -0.39 is 60.6 Å². The van der Waals surface area contributed by atoms with Gasteiger partial charge in [0.2, 0.25) is 11.9 Å². The summed E-state index contributed by atoms with van der Waals surface area (Å²) >= 11 is 6.03. The number of oxazole rings is 1. The molecule has 5 N–H and O–H groups in total. The molecule has 6 rings (SSSR count). The van der Waals surface area contributed by atoms with E-state index in [1.165, 1.54) is 36.9 Å². The van der Waals surface area contributed by atoms with Crippen molar-refractivity contribution in [2.45, 2.75) is 30.6 Å². The van der Waals surface area contributed by atoms with Crippen LogP contribution in [0.5, 0.6) is 6.01 Å². The van der Waals surface area contributed by atoms with Crippen LogP contribution < -0.4 is 31.3 Å². The Morgan fingerprint density at radius 3 is 2.32 bits per heavy atom. The number of rotatable bonds is 14. The third-order valence-corrected chi connectivity index (χ3v) is 8.43. The molecule has 56 heavy (non-hydrogen) atoms. The molecule has 1 atom stereocenters. The van der Waals surface area contributed by atoms with Crippen molar-refractivity contribution in [3.8, 4) is 17.3 Å². The summed E-state index contributed by atoms with van der Waals surface area (Å²) in [5.41, 5.74) is 1.61. The molecular weight excluding hydrogens is 763 g/mol. The molecule has 3 amide bonds. The lowest BCUT2D eigenvalue weighted by molar-refractivity contribution is -0.154. The maximum Gasteiger partial charge on any atom is 0.422 e. The number of halogens is 4. The highest BCUT2D eigenvalue weighted by Gasteiger charge is 2.45. The standard InChI is InChI=1S/C36H31ClF3N9O7/c1-54-31(53)26(16-42-29(51)30(52)43-25-4-2-3-21(15-25)27-17-41-19-56-27)45-28(50)20-5-11-24(12-6-20)44-32-46-33(48-34(47-32)55-18-36(38,39)40)49-35(13-14-35)22-7-9-23(37)10-8-22/h2-12,15,17,19,26H,13-14,16,18H2,1H3,(H,42,51)(H,43,52)(H,45,50)(H2,44,46,47,48,49)/t26-/m0/s1. The largest absolute Gasteiger partial charge is 0.467 e. The summed E-state index contributed by atoms with van der Waals surface area (Å²) in [5.74, 6) is -3.51. The van der Waals surface area contributed by atoms with Gasteiger partial charge in [-0.15, -0.1) is 0 Å². The van der Waals surface area contributed by atoms with Crippen LogP contribution in [-0.2, 0) is 24.7 Å². The number of hydrogen-bond donors (Lipinski definition) is 5. The molecule has 290 valence electrons. The van der Waals surface area contributed by atoms with Gasteiger partial charge < -0.3 is 40.5 Å². The number of nitrogens with one attached hydrogen (secondary N) is 5. The van der Waals surface area contributed by atoms with Crippen molar-refractivity contribution >= 4 is 58.6 Å². The Morgan fingerprint density at radius 1 is 0.929 bits per heavy atom. The van der Waals surface area contributed by atoms with Gasteiger partial charge in [0.1, 0.15) is 6.04 Å². The Hall–Kier alpha value is -6.76. The number of alkyl halides is 3. The third-order valence-electron chi connectivity index (χ3n) is 8.18. The van der Waals surface area contributed by atoms with Gasteiger partial charge in [-0.25, -0.2) is 9.78 Å². The lowest BCUT2D eigenvalue weighted by Crippen LogP contribution is -2.50. The first kappa shape index (κ1) is 38.9. The van der Waals surface area contributed by atoms with E-state index in [9.17, 15) is 32.3 Å². The number of hydrogen-bond acceptors (Lipinski definition) is 13. The molecule has 0 bridgehead atoms. The van der Waals surface area contributed by atoms with E-state index in [0.29, 0.717) is 40.6 Å². The van der Waals surface area contributed by atoms with Gasteiger partial charge in [-0.2, -0.15) is 28.1 Å². The van der Waals surface area contributed by atoms with Crippen molar-refractivity contribution in [1.82, 2.24) is 30.6 Å². The van der Waals surface area contributed by atoms with Gasteiger partial charge in [-0.05, 0) is 66.9 Å². The van der Waals surface area contributed by atoms with E-state index in [-0.39, 0.29) is 17.5 Å². The van der Waals surface area contributed by atoms with E-state index >= 15 is 0 Å². The molecule has 5 aromatic rings. The fourth-order valence-electron chi connectivity index (χ4n) is 5.26. The van der Waals surface area contributed by atoms with Crippen LogP contribution in [0.1, 0.15) is 28.8 Å². The molecule has 1 aliphatic rings. The molecule has 1 saturated carbocycles. The number of carbonyl (C=O) groups is 4. The molecule has 0 spiro atoms. The summed E-state index contributed by atoms with van der Waals surface area (Å²) in [6.07, 6.45) is -0.516. The van der Waals surface area contributed by atoms with Gasteiger partial charge in [0.05, 0.1) is 18.8 Å². The van der Waals surface area contributed by atoms with E-state index in [0.717, 1.165) is 12.7 Å². The summed E-state index contributed by atoms with van der Waals surface area (Å²) in [7, 11) is 1.09. The Morgan fingerprint density at radius 2 is 1.66 bits per heavy atom. The number of anilines is 4. The second kappa shape index (κ2) is 16.7. The fourth-order valence-corrected chi connectivity index (χ4v) is 5.38. The lowest BCUT2D eigenvalue weighted by atomic mass is 10.1. The van der Waals surface area contributed by atoms with E-state index in [4.69, 9.17) is 25.5 Å². The summed E-state index contributed by atoms with van der Waals surface area (Å²) in [6, 6.07) is 17.3. The molecule has 0 aliphatic heterocycles. The first-order valence-electron chi connectivity index (χ1n) is 16.6. The van der Waals surface area contributed by atoms with E-state index in [1.807, 2.05) is 12.1 Å². The predicted octanol–water partition coefficient (Wildman–Crippen LogP) is 4.99. The molecule has 0 unspecified atom stereocenters. The number of esters is 1. The number of ether oxygens (including phenoxy) is 2. The number of methoxy groups -OCH3 is 1. The Bertz CT molecular complexity index is 2200. The van der Waals surface area contributed by atoms with Crippen molar-refractivity contribution in [3.63, 3.8) is 0 Å². The second-order valence-corrected chi connectivity index (χ2v) is 12.7. The van der Waals surface area contributed by atoms with Gasteiger partial charge >= 0.3 is 30.0 Å². The molecule has 2 aromatic heterocycles. The highest BCUT2D eigenvalue weighted by atomic mass is 35.5. The maximum atomic E-state index is 13.1. The lowest BCUT2D eigenvalue weighted by Gasteiger charge is -2.19. The monoisotopic (exact) mass is 793 g/mol. The van der Waals surface area contributed by atoms with Gasteiger partial charge in [-0.1, -0.05) is 35.9 Å². The topological polar surface area (TPSA) is 212 Å². The van der Waals surface area contributed by atoms with Crippen molar-refractivity contribution in [2.24, 2.45) is 0 Å². The minimum atomic E-state index is -4.65. The van der Waals surface area contributed by atoms with Crippen molar-refractivity contribution < 1.29 is 46.2 Å². The average molecular weight is 794 g/mol. The molecule has 1 fully saturated rings. The molecule has 3 aromatic carbocycles. The fraction of sp³-hybridized carbons (Fsp3) is 0.222. The third kappa shape index (κ3) is 10.3. The molecule has 0 saturated heterocycles. The van der Waals surface area contributed by atoms with Crippen LogP contribution in [0.4, 0.5) is 36.4 Å². The zero-order valence-electron chi connectivity index (χ0n) is 29.1. The average Bonchev–Trinajstić information content (AvgIpc) is 3.73. The van der Waals surface area contributed by atoms with Crippen LogP contribution in [0.25, 0.3) is 11.3 Å². The molecule has 2 heterocycles. The van der Waals surface area contributed by atoms with Gasteiger partial charge in [0, 0.05) is 34.1 Å². The Balaban J connectivity index is 1.08. The highest BCUT2D eigenvalue weighted by Crippen LogP contribution is 2.48. The summed E-state index contributed by atoms with van der Waals surface area (Å²) in [5, 5.41) is 13.8. The molecular formula is C36H31ClF3N9O7. The van der Waals surface area contributed by atoms with Crippen molar-refractivity contribution in [2.75, 3.05) is 36.2 Å². The minimum absolute atomic E-state index is 0.0430. The second-order valence-electron chi connectivity index (χ2n) is 12.2. The van der Waals surface area contributed by atoms with Crippen LogP contribution >= 0.6 is 11.6 Å². The number of aromatic nitrogens is 4. The van der Waals surface area contributed by atoms with Crippen molar-refractivity contribution in [1.29, 1.82) is 0 Å². The highest BCUT2D eigenvalue weighted by molar-refractivity contribution is 6.39. The van der Waals surface area contributed by atoms with E-state index in [1.54, 1.807) is 36.4 Å². The summed E-state index contributed by atoms with van der Waals surface area (Å²) in [4.78, 5) is 66.9. The normalized spacial score (nSPS) is 13.4. The first-order valence-corrected chi connectivity index (χ1v) is 17.0. The van der Waals surface area contributed by atoms with Crippen molar-refractivity contribution in [3.05, 3.63) is 102 Å². The van der Waals surface area contributed by atoms with Crippen LogP contribution in [0.3, 0.4) is 0 Å². The summed E-state index contributed by atoms with van der Waals surface area (Å²) in [6.45, 7) is -2.12. The quantitative estimate of drug-likeness (QED) is 0.0742. The Kier molecular flexibility index (Phi) is 11.6. The summed E-state index contributed by atoms with van der Waals surface area (Å²) < 4.78 is 53.7. The maximum absolute atomic E-state index is 13.1. The first-order chi connectivity index (χ1) is 26.8. The Labute approximate surface area is 320 Å². The number of nitrogens with zero attached hydrogens (tertiary/aromatic N) is 4. The van der Waals surface area contributed by atoms with Crippen LogP contribution in [-0.4, -0.2) is 76.1 Å². The predicted molar refractivity (Wildman–Crippen MR) is 194 cm³/mol. The minimum Gasteiger partial charge on any atom is -0.467 e. The molecule has 16 nitrogen and oxygen atoms in total. The van der Waals surface area contributed by atoms with E-state index in [2.05, 4.69) is 46.5 Å². The van der Waals surface area contributed by atoms with Gasteiger partial charge in [-0.3, -0.25) is 14.4 Å². The SMILES string of the molecule is COC(=O)[C@H](CNC(=O)C(=O)Nc1cccc(-c2cnco2)c1)NC(=O)c1ccc(Nc2nc(NC3(c4ccc(Cl)cc4)CC3)nc(OCC(F)(F)F)n2)cc1. The number of benzene rings is 3. The number of amides is 3. The molecule has 20 heteroatoms. The van der Waals surface area contributed by atoms with Crippen LogP contribution in [0, 0.1) is 0 Å². The van der Waals surface area contributed by atoms with Crippen LogP contribution in [0.15, 0.2) is 89.8 Å². The molecule has 1 aliphatic carbocycles. The number of carbonyl (C=O) groups excluding carboxylic acids is 4. The van der Waals surface area contributed by atoms with Crippen LogP contribution in [0.2, 0.25) is 5.02 Å². The molecule has 0 radical (unpaired) electrons.